The molecule has 0 saturated carbocycles. The largest absolute Gasteiger partial charge is 0.367 e. The Hall–Kier alpha value is -0.130. The summed E-state index contributed by atoms with van der Waals surface area (Å²) < 4.78 is 28.9. The summed E-state index contributed by atoms with van der Waals surface area (Å²) >= 11 is 0. The topological polar surface area (TPSA) is 55.4 Å². The van der Waals surface area contributed by atoms with E-state index in [2.05, 4.69) is 9.46 Å². The van der Waals surface area contributed by atoms with Gasteiger partial charge in [0.2, 0.25) is 10.0 Å². The summed E-state index contributed by atoms with van der Waals surface area (Å²) in [6, 6.07) is 0. The summed E-state index contributed by atoms with van der Waals surface area (Å²) in [5, 5.41) is 0. The molecule has 12 heavy (non-hydrogen) atoms. The molecule has 0 aromatic carbocycles. The summed E-state index contributed by atoms with van der Waals surface area (Å²) in [5.74, 6) is 0.251. The summed E-state index contributed by atoms with van der Waals surface area (Å²) in [6.07, 6.45) is 0.850. The quantitative estimate of drug-likeness (QED) is 0.673. The minimum Gasteiger partial charge on any atom is -0.367 e. The molecule has 0 unspecified atom stereocenters. The van der Waals surface area contributed by atoms with Gasteiger partial charge in [-0.05, 0) is 12.3 Å². The third-order valence-electron chi connectivity index (χ3n) is 1.32. The van der Waals surface area contributed by atoms with Gasteiger partial charge >= 0.3 is 0 Å². The van der Waals surface area contributed by atoms with Gasteiger partial charge in [-0.25, -0.2) is 13.1 Å². The van der Waals surface area contributed by atoms with E-state index in [1.165, 1.54) is 7.11 Å². The van der Waals surface area contributed by atoms with Crippen molar-refractivity contribution in [3.8, 4) is 0 Å². The first kappa shape index (κ1) is 11.9. The van der Waals surface area contributed by atoms with E-state index in [1.54, 1.807) is 0 Å². The van der Waals surface area contributed by atoms with Crippen molar-refractivity contribution in [3.63, 3.8) is 0 Å². The van der Waals surface area contributed by atoms with E-state index in [-0.39, 0.29) is 5.94 Å². The maximum absolute atomic E-state index is 11.0. The number of ether oxygens (including phenoxy) is 1. The van der Waals surface area contributed by atoms with Gasteiger partial charge in [0.15, 0.2) is 5.94 Å². The standard InChI is InChI=1S/C7H17NO3S/c1-7(2)4-5-8-12(9,10)6-11-3/h7-8H,4-6H2,1-3H3. The normalized spacial score (nSPS) is 12.3. The van der Waals surface area contributed by atoms with Crippen molar-refractivity contribution in [2.45, 2.75) is 20.3 Å². The summed E-state index contributed by atoms with van der Waals surface area (Å²) in [6.45, 7) is 4.58. The monoisotopic (exact) mass is 195 g/mol. The SMILES string of the molecule is COCS(=O)(=O)NCCC(C)C. The Morgan fingerprint density at radius 3 is 2.42 bits per heavy atom. The first-order chi connectivity index (χ1) is 5.48. The second-order valence-electron chi connectivity index (χ2n) is 3.10. The van der Waals surface area contributed by atoms with Gasteiger partial charge in [0, 0.05) is 13.7 Å². The van der Waals surface area contributed by atoms with Gasteiger partial charge in [-0.1, -0.05) is 13.8 Å². The highest BCUT2D eigenvalue weighted by Gasteiger charge is 2.07. The fourth-order valence-corrected chi connectivity index (χ4v) is 1.52. The predicted octanol–water partition coefficient (Wildman–Crippen LogP) is 0.556. The number of rotatable bonds is 6. The smallest absolute Gasteiger partial charge is 0.235 e. The van der Waals surface area contributed by atoms with Crippen LogP contribution in [0.3, 0.4) is 0 Å². The van der Waals surface area contributed by atoms with Crippen molar-refractivity contribution in [1.82, 2.24) is 4.72 Å². The Morgan fingerprint density at radius 2 is 2.00 bits per heavy atom. The van der Waals surface area contributed by atoms with Gasteiger partial charge in [-0.2, -0.15) is 0 Å². The molecule has 0 aliphatic carbocycles. The van der Waals surface area contributed by atoms with E-state index in [1.807, 2.05) is 13.8 Å². The molecule has 4 nitrogen and oxygen atoms in total. The molecular weight excluding hydrogens is 178 g/mol. The van der Waals surface area contributed by atoms with Crippen LogP contribution in [0.25, 0.3) is 0 Å². The molecule has 0 aliphatic heterocycles. The number of sulfonamides is 1. The maximum atomic E-state index is 11.0. The molecule has 0 amide bonds. The lowest BCUT2D eigenvalue weighted by Gasteiger charge is -2.06. The van der Waals surface area contributed by atoms with Crippen LogP contribution in [0.5, 0.6) is 0 Å². The molecule has 0 bridgehead atoms. The van der Waals surface area contributed by atoms with Gasteiger partial charge in [0.25, 0.3) is 0 Å². The zero-order valence-electron chi connectivity index (χ0n) is 7.83. The third-order valence-corrected chi connectivity index (χ3v) is 2.51. The van der Waals surface area contributed by atoms with Crippen LogP contribution in [-0.4, -0.2) is 28.0 Å². The Morgan fingerprint density at radius 1 is 1.42 bits per heavy atom. The molecule has 0 spiro atoms. The lowest BCUT2D eigenvalue weighted by atomic mass is 10.1. The van der Waals surface area contributed by atoms with Crippen molar-refractivity contribution in [2.75, 3.05) is 19.6 Å². The lowest BCUT2D eigenvalue weighted by molar-refractivity contribution is 0.248. The minimum absolute atomic E-state index is 0.259. The highest BCUT2D eigenvalue weighted by molar-refractivity contribution is 7.89. The van der Waals surface area contributed by atoms with Gasteiger partial charge in [-0.15, -0.1) is 0 Å². The van der Waals surface area contributed by atoms with Crippen molar-refractivity contribution >= 4 is 10.0 Å². The molecule has 0 atom stereocenters. The van der Waals surface area contributed by atoms with Gasteiger partial charge in [0.05, 0.1) is 0 Å². The molecule has 0 heterocycles. The van der Waals surface area contributed by atoms with Gasteiger partial charge in [-0.3, -0.25) is 0 Å². The lowest BCUT2D eigenvalue weighted by Crippen LogP contribution is -2.28. The first-order valence-electron chi connectivity index (χ1n) is 3.94. The van der Waals surface area contributed by atoms with Gasteiger partial charge in [0.1, 0.15) is 0 Å². The molecular formula is C7H17NO3S. The zero-order valence-corrected chi connectivity index (χ0v) is 8.65. The molecule has 0 rings (SSSR count). The zero-order chi connectivity index (χ0) is 9.61. The van der Waals surface area contributed by atoms with E-state index >= 15 is 0 Å². The molecule has 0 aromatic rings. The second-order valence-corrected chi connectivity index (χ2v) is 4.85. The van der Waals surface area contributed by atoms with Crippen molar-refractivity contribution in [3.05, 3.63) is 0 Å². The van der Waals surface area contributed by atoms with Crippen LogP contribution in [0.1, 0.15) is 20.3 Å². The minimum atomic E-state index is -3.20. The molecule has 0 aromatic heterocycles. The van der Waals surface area contributed by atoms with Crippen LogP contribution in [0.15, 0.2) is 0 Å². The summed E-state index contributed by atoms with van der Waals surface area (Å²) in [5.41, 5.74) is 0. The van der Waals surface area contributed by atoms with Crippen LogP contribution in [0.2, 0.25) is 0 Å². The van der Waals surface area contributed by atoms with E-state index in [4.69, 9.17) is 0 Å². The van der Waals surface area contributed by atoms with E-state index in [0.717, 1.165) is 6.42 Å². The van der Waals surface area contributed by atoms with Crippen molar-refractivity contribution < 1.29 is 13.2 Å². The van der Waals surface area contributed by atoms with E-state index in [9.17, 15) is 8.42 Å². The average Bonchev–Trinajstić information content (AvgIpc) is 1.85. The molecule has 0 radical (unpaired) electrons. The van der Waals surface area contributed by atoms with Crippen LogP contribution in [0.4, 0.5) is 0 Å². The molecule has 5 heteroatoms. The van der Waals surface area contributed by atoms with Crippen molar-refractivity contribution in [2.24, 2.45) is 5.92 Å². The molecule has 0 fully saturated rings. The average molecular weight is 195 g/mol. The summed E-state index contributed by atoms with van der Waals surface area (Å²) in [4.78, 5) is 0. The van der Waals surface area contributed by atoms with Gasteiger partial charge < -0.3 is 4.74 Å². The summed E-state index contributed by atoms with van der Waals surface area (Å²) in [7, 11) is -1.84. The van der Waals surface area contributed by atoms with Crippen LogP contribution >= 0.6 is 0 Å². The Balaban J connectivity index is 3.62. The highest BCUT2D eigenvalue weighted by atomic mass is 32.2. The number of hydrogen-bond donors (Lipinski definition) is 1. The Labute approximate surface area is 74.4 Å². The number of nitrogens with one attached hydrogen (secondary N) is 1. The Kier molecular flexibility index (Phi) is 5.44. The predicted molar refractivity (Wildman–Crippen MR) is 48.3 cm³/mol. The maximum Gasteiger partial charge on any atom is 0.235 e. The van der Waals surface area contributed by atoms with Crippen molar-refractivity contribution in [1.29, 1.82) is 0 Å². The molecule has 1 N–H and O–H groups in total. The number of methoxy groups -OCH3 is 1. The Bertz CT molecular complexity index is 199. The fraction of sp³-hybridized carbons (Fsp3) is 1.00. The van der Waals surface area contributed by atoms with E-state index in [0.29, 0.717) is 12.5 Å². The molecule has 0 aliphatic rings. The number of hydrogen-bond acceptors (Lipinski definition) is 3. The first-order valence-corrected chi connectivity index (χ1v) is 5.59. The molecule has 0 saturated heterocycles. The second kappa shape index (κ2) is 5.50. The highest BCUT2D eigenvalue weighted by Crippen LogP contribution is 1.97. The van der Waals surface area contributed by atoms with E-state index < -0.39 is 10.0 Å². The van der Waals surface area contributed by atoms with Crippen LogP contribution < -0.4 is 4.72 Å². The fourth-order valence-electron chi connectivity index (χ4n) is 0.700. The van der Waals surface area contributed by atoms with Crippen LogP contribution in [-0.2, 0) is 14.8 Å². The third kappa shape index (κ3) is 6.57. The molecule has 74 valence electrons. The van der Waals surface area contributed by atoms with Crippen LogP contribution in [0, 0.1) is 5.92 Å².